The summed E-state index contributed by atoms with van der Waals surface area (Å²) in [5, 5.41) is 12.7. The monoisotopic (exact) mass is 283 g/mol. The lowest BCUT2D eigenvalue weighted by molar-refractivity contribution is 0.278. The predicted molar refractivity (Wildman–Crippen MR) is 65.4 cm³/mol. The van der Waals surface area contributed by atoms with Gasteiger partial charge in [0.1, 0.15) is 0 Å². The van der Waals surface area contributed by atoms with Crippen LogP contribution in [-0.4, -0.2) is 23.7 Å². The highest BCUT2D eigenvalue weighted by molar-refractivity contribution is 7.89. The molecule has 19 heavy (non-hydrogen) atoms. The Kier molecular flexibility index (Phi) is 3.93. The average molecular weight is 283 g/mol. The molecule has 8 heteroatoms. The summed E-state index contributed by atoms with van der Waals surface area (Å²) < 4.78 is 31.3. The number of benzene rings is 1. The van der Waals surface area contributed by atoms with E-state index in [1.54, 1.807) is 25.1 Å². The zero-order chi connectivity index (χ0) is 13.9. The van der Waals surface area contributed by atoms with Gasteiger partial charge in [0.25, 0.3) is 0 Å². The molecule has 0 aliphatic carbocycles. The molecular weight excluding hydrogens is 270 g/mol. The van der Waals surface area contributed by atoms with Crippen molar-refractivity contribution in [1.82, 2.24) is 14.9 Å². The number of rotatable bonds is 5. The topological polar surface area (TPSA) is 105 Å². The van der Waals surface area contributed by atoms with Gasteiger partial charge in [-0.25, -0.2) is 13.1 Å². The van der Waals surface area contributed by atoms with Crippen molar-refractivity contribution >= 4 is 10.0 Å². The first-order valence-electron chi connectivity index (χ1n) is 5.50. The molecule has 1 aromatic carbocycles. The molecule has 0 aliphatic rings. The maximum atomic E-state index is 12.1. The molecule has 0 atom stereocenters. The number of sulfonamides is 1. The number of aryl methyl sites for hydroxylation is 1. The molecule has 2 N–H and O–H groups in total. The number of aromatic nitrogens is 2. The summed E-state index contributed by atoms with van der Waals surface area (Å²) in [6.45, 7) is 1.20. The summed E-state index contributed by atoms with van der Waals surface area (Å²) in [5.74, 6) is 0.618. The average Bonchev–Trinajstić information content (AvgIpc) is 2.82. The largest absolute Gasteiger partial charge is 0.392 e. The van der Waals surface area contributed by atoms with Gasteiger partial charge in [0.2, 0.25) is 15.9 Å². The number of nitrogens with one attached hydrogen (secondary N) is 1. The van der Waals surface area contributed by atoms with E-state index < -0.39 is 10.0 Å². The number of nitrogens with zero attached hydrogens (tertiary/aromatic N) is 2. The molecule has 0 fully saturated rings. The van der Waals surface area contributed by atoms with E-state index in [2.05, 4.69) is 14.9 Å². The van der Waals surface area contributed by atoms with Crippen molar-refractivity contribution in [3.05, 3.63) is 41.5 Å². The van der Waals surface area contributed by atoms with Crippen LogP contribution in [0.2, 0.25) is 0 Å². The van der Waals surface area contributed by atoms with Crippen molar-refractivity contribution in [3.63, 3.8) is 0 Å². The molecule has 102 valence electrons. The molecule has 2 aromatic rings. The first kappa shape index (κ1) is 13.7. The third kappa shape index (κ3) is 3.16. The highest BCUT2D eigenvalue weighted by Gasteiger charge is 2.18. The highest BCUT2D eigenvalue weighted by Crippen LogP contribution is 2.15. The van der Waals surface area contributed by atoms with Crippen LogP contribution in [0.3, 0.4) is 0 Å². The molecule has 1 heterocycles. The van der Waals surface area contributed by atoms with E-state index in [4.69, 9.17) is 9.63 Å². The summed E-state index contributed by atoms with van der Waals surface area (Å²) in [7, 11) is -3.73. The van der Waals surface area contributed by atoms with E-state index >= 15 is 0 Å². The van der Waals surface area contributed by atoms with Gasteiger partial charge >= 0.3 is 0 Å². The SMILES string of the molecule is Cc1noc(CNS(=O)(=O)c2ccccc2CO)n1. The Morgan fingerprint density at radius 3 is 2.74 bits per heavy atom. The number of hydrogen-bond acceptors (Lipinski definition) is 6. The van der Waals surface area contributed by atoms with Gasteiger partial charge in [-0.3, -0.25) is 0 Å². The maximum absolute atomic E-state index is 12.1. The minimum Gasteiger partial charge on any atom is -0.392 e. The molecule has 0 spiro atoms. The van der Waals surface area contributed by atoms with Crippen LogP contribution in [0.4, 0.5) is 0 Å². The van der Waals surface area contributed by atoms with Gasteiger partial charge in [-0.05, 0) is 18.6 Å². The van der Waals surface area contributed by atoms with E-state index in [9.17, 15) is 8.42 Å². The van der Waals surface area contributed by atoms with Gasteiger partial charge in [-0.15, -0.1) is 0 Å². The predicted octanol–water partition coefficient (Wildman–Crippen LogP) is 0.349. The first-order valence-corrected chi connectivity index (χ1v) is 6.99. The number of aliphatic hydroxyl groups excluding tert-OH is 1. The second kappa shape index (κ2) is 5.47. The molecule has 1 aromatic heterocycles. The van der Waals surface area contributed by atoms with Crippen molar-refractivity contribution in [2.75, 3.05) is 0 Å². The Bertz CT molecular complexity index is 666. The molecule has 0 saturated heterocycles. The zero-order valence-electron chi connectivity index (χ0n) is 10.2. The first-order chi connectivity index (χ1) is 9.03. The summed E-state index contributed by atoms with van der Waals surface area (Å²) in [6, 6.07) is 6.22. The van der Waals surface area contributed by atoms with Crippen molar-refractivity contribution < 1.29 is 18.0 Å². The minimum atomic E-state index is -3.73. The van der Waals surface area contributed by atoms with Gasteiger partial charge < -0.3 is 9.63 Å². The smallest absolute Gasteiger partial charge is 0.241 e. The minimum absolute atomic E-state index is 0.0359. The zero-order valence-corrected chi connectivity index (χ0v) is 11.0. The van der Waals surface area contributed by atoms with Crippen LogP contribution in [0.25, 0.3) is 0 Å². The fourth-order valence-electron chi connectivity index (χ4n) is 1.54. The second-order valence-electron chi connectivity index (χ2n) is 3.83. The second-order valence-corrected chi connectivity index (χ2v) is 5.56. The van der Waals surface area contributed by atoms with E-state index in [0.717, 1.165) is 0 Å². The van der Waals surface area contributed by atoms with Crippen LogP contribution in [-0.2, 0) is 23.2 Å². The Morgan fingerprint density at radius 2 is 2.11 bits per heavy atom. The molecule has 0 unspecified atom stereocenters. The lowest BCUT2D eigenvalue weighted by Gasteiger charge is -2.08. The summed E-state index contributed by atoms with van der Waals surface area (Å²) in [6.07, 6.45) is 0. The molecule has 0 saturated carbocycles. The van der Waals surface area contributed by atoms with E-state index in [1.165, 1.54) is 6.07 Å². The molecule has 0 aliphatic heterocycles. The molecular formula is C11H13N3O4S. The number of aliphatic hydroxyl groups is 1. The summed E-state index contributed by atoms with van der Waals surface area (Å²) in [5.41, 5.74) is 0.330. The lowest BCUT2D eigenvalue weighted by atomic mass is 10.2. The van der Waals surface area contributed by atoms with E-state index in [0.29, 0.717) is 11.4 Å². The standard InChI is InChI=1S/C11H13N3O4S/c1-8-13-11(18-14-8)6-12-19(16,17)10-5-3-2-4-9(10)7-15/h2-5,12,15H,6-7H2,1H3. The molecule has 7 nitrogen and oxygen atoms in total. The highest BCUT2D eigenvalue weighted by atomic mass is 32.2. The molecule has 2 rings (SSSR count). The Balaban J connectivity index is 2.18. The van der Waals surface area contributed by atoms with E-state index in [1.807, 2.05) is 0 Å². The molecule has 0 bridgehead atoms. The van der Waals surface area contributed by atoms with Crippen molar-refractivity contribution in [3.8, 4) is 0 Å². The Labute approximate surface area is 110 Å². The van der Waals surface area contributed by atoms with Gasteiger partial charge in [0.15, 0.2) is 5.82 Å². The Hall–Kier alpha value is -1.77. The maximum Gasteiger partial charge on any atom is 0.241 e. The fourth-order valence-corrected chi connectivity index (χ4v) is 2.75. The van der Waals surface area contributed by atoms with Gasteiger partial charge in [-0.1, -0.05) is 23.4 Å². The summed E-state index contributed by atoms with van der Waals surface area (Å²) in [4.78, 5) is 3.93. The van der Waals surface area contributed by atoms with Crippen LogP contribution in [0, 0.1) is 6.92 Å². The van der Waals surface area contributed by atoms with Crippen LogP contribution in [0.5, 0.6) is 0 Å². The van der Waals surface area contributed by atoms with Crippen LogP contribution in [0.1, 0.15) is 17.3 Å². The van der Waals surface area contributed by atoms with Crippen LogP contribution in [0.15, 0.2) is 33.7 Å². The Morgan fingerprint density at radius 1 is 1.37 bits per heavy atom. The third-order valence-electron chi connectivity index (χ3n) is 2.42. The van der Waals surface area contributed by atoms with Gasteiger partial charge in [-0.2, -0.15) is 4.98 Å². The van der Waals surface area contributed by atoms with Crippen molar-refractivity contribution in [2.24, 2.45) is 0 Å². The summed E-state index contributed by atoms with van der Waals surface area (Å²) >= 11 is 0. The van der Waals surface area contributed by atoms with E-state index in [-0.39, 0.29) is 23.9 Å². The van der Waals surface area contributed by atoms with Crippen molar-refractivity contribution in [1.29, 1.82) is 0 Å². The lowest BCUT2D eigenvalue weighted by Crippen LogP contribution is -2.24. The third-order valence-corrected chi connectivity index (χ3v) is 3.92. The van der Waals surface area contributed by atoms with Crippen molar-refractivity contribution in [2.45, 2.75) is 25.0 Å². The van der Waals surface area contributed by atoms with Crippen LogP contribution >= 0.6 is 0 Å². The van der Waals surface area contributed by atoms with Gasteiger partial charge in [0, 0.05) is 0 Å². The van der Waals surface area contributed by atoms with Crippen LogP contribution < -0.4 is 4.72 Å². The normalized spacial score (nSPS) is 11.7. The fraction of sp³-hybridized carbons (Fsp3) is 0.273. The molecule has 0 radical (unpaired) electrons. The quantitative estimate of drug-likeness (QED) is 0.820. The molecule has 0 amide bonds. The number of hydrogen-bond donors (Lipinski definition) is 2. The van der Waals surface area contributed by atoms with Gasteiger partial charge in [0.05, 0.1) is 18.0 Å².